The van der Waals surface area contributed by atoms with Crippen molar-refractivity contribution in [3.05, 3.63) is 17.7 Å². The van der Waals surface area contributed by atoms with Crippen LogP contribution in [0.25, 0.3) is 0 Å². The van der Waals surface area contributed by atoms with Gasteiger partial charge in [0.2, 0.25) is 0 Å². The number of fused-ring (bicyclic) bond motifs is 1. The standard InChI is InChI=1S/C12H18N2O3S/c15-9-4-5-14-8-10(13-12(14)7-9)11-3-1-2-6-18(11,16)17/h8-9,11,15H,1-7H2. The van der Waals surface area contributed by atoms with E-state index in [0.29, 0.717) is 18.5 Å². The van der Waals surface area contributed by atoms with Gasteiger partial charge in [0.05, 0.1) is 17.6 Å². The number of imidazole rings is 1. The minimum Gasteiger partial charge on any atom is -0.393 e. The Kier molecular flexibility index (Phi) is 2.94. The van der Waals surface area contributed by atoms with E-state index in [2.05, 4.69) is 4.98 Å². The lowest BCUT2D eigenvalue weighted by Crippen LogP contribution is -2.22. The first-order valence-electron chi connectivity index (χ1n) is 6.52. The van der Waals surface area contributed by atoms with E-state index in [1.165, 1.54) is 0 Å². The summed E-state index contributed by atoms with van der Waals surface area (Å²) in [6.45, 7) is 0.732. The van der Waals surface area contributed by atoms with E-state index in [0.717, 1.165) is 31.6 Å². The van der Waals surface area contributed by atoms with Crippen molar-refractivity contribution in [2.75, 3.05) is 5.75 Å². The number of aliphatic hydroxyl groups is 1. The molecule has 2 aliphatic heterocycles. The molecule has 0 bridgehead atoms. The minimum absolute atomic E-state index is 0.280. The van der Waals surface area contributed by atoms with Gasteiger partial charge in [-0.1, -0.05) is 6.42 Å². The Hall–Kier alpha value is -0.880. The maximum atomic E-state index is 12.1. The van der Waals surface area contributed by atoms with Crippen molar-refractivity contribution in [1.29, 1.82) is 0 Å². The number of hydrogen-bond acceptors (Lipinski definition) is 4. The van der Waals surface area contributed by atoms with E-state index >= 15 is 0 Å². The molecule has 18 heavy (non-hydrogen) atoms. The molecule has 2 atom stereocenters. The van der Waals surface area contributed by atoms with Crippen LogP contribution in [0.5, 0.6) is 0 Å². The van der Waals surface area contributed by atoms with Crippen molar-refractivity contribution in [1.82, 2.24) is 9.55 Å². The zero-order chi connectivity index (χ0) is 12.8. The monoisotopic (exact) mass is 270 g/mol. The second kappa shape index (κ2) is 4.35. The number of sulfone groups is 1. The first-order valence-corrected chi connectivity index (χ1v) is 8.23. The maximum absolute atomic E-state index is 12.1. The topological polar surface area (TPSA) is 72.2 Å². The van der Waals surface area contributed by atoms with Gasteiger partial charge >= 0.3 is 0 Å². The number of hydrogen-bond donors (Lipinski definition) is 1. The number of nitrogens with zero attached hydrogens (tertiary/aromatic N) is 2. The Morgan fingerprint density at radius 3 is 2.94 bits per heavy atom. The van der Waals surface area contributed by atoms with Gasteiger partial charge in [-0.2, -0.15) is 0 Å². The fraction of sp³-hybridized carbons (Fsp3) is 0.750. The van der Waals surface area contributed by atoms with Crippen LogP contribution >= 0.6 is 0 Å². The van der Waals surface area contributed by atoms with Crippen LogP contribution in [0.15, 0.2) is 6.20 Å². The summed E-state index contributed by atoms with van der Waals surface area (Å²) in [5.74, 6) is 1.10. The SMILES string of the molecule is O=S1(=O)CCCCC1c1cn2c(n1)CC(O)CC2. The molecule has 0 saturated carbocycles. The highest BCUT2D eigenvalue weighted by Crippen LogP contribution is 2.33. The Balaban J connectivity index is 1.93. The summed E-state index contributed by atoms with van der Waals surface area (Å²) < 4.78 is 26.1. The molecule has 1 N–H and O–H groups in total. The number of aromatic nitrogens is 2. The Labute approximate surface area is 107 Å². The molecule has 0 radical (unpaired) electrons. The molecule has 3 rings (SSSR count). The van der Waals surface area contributed by atoms with Crippen molar-refractivity contribution in [2.45, 2.75) is 50.0 Å². The molecule has 5 nitrogen and oxygen atoms in total. The average Bonchev–Trinajstić information content (AvgIpc) is 2.70. The maximum Gasteiger partial charge on any atom is 0.158 e. The Bertz CT molecular complexity index is 550. The van der Waals surface area contributed by atoms with Gasteiger partial charge in [0.25, 0.3) is 0 Å². The summed E-state index contributed by atoms with van der Waals surface area (Å²) in [5, 5.41) is 9.18. The largest absolute Gasteiger partial charge is 0.393 e. The van der Waals surface area contributed by atoms with E-state index in [1.807, 2.05) is 10.8 Å². The third-order valence-electron chi connectivity index (χ3n) is 3.91. The average molecular weight is 270 g/mol. The summed E-state index contributed by atoms with van der Waals surface area (Å²) in [7, 11) is -3.03. The van der Waals surface area contributed by atoms with Gasteiger partial charge in [-0.3, -0.25) is 0 Å². The van der Waals surface area contributed by atoms with Gasteiger partial charge in [0.1, 0.15) is 11.1 Å². The quantitative estimate of drug-likeness (QED) is 0.820. The van der Waals surface area contributed by atoms with Crippen LogP contribution in [-0.2, 0) is 22.8 Å². The predicted molar refractivity (Wildman–Crippen MR) is 66.9 cm³/mol. The van der Waals surface area contributed by atoms with Crippen molar-refractivity contribution in [3.63, 3.8) is 0 Å². The lowest BCUT2D eigenvalue weighted by molar-refractivity contribution is 0.141. The third-order valence-corrected chi connectivity index (χ3v) is 6.11. The first-order chi connectivity index (χ1) is 8.56. The normalized spacial score (nSPS) is 30.9. The molecule has 0 aromatic carbocycles. The van der Waals surface area contributed by atoms with Gasteiger partial charge in [-0.15, -0.1) is 0 Å². The van der Waals surface area contributed by atoms with Crippen LogP contribution in [-0.4, -0.2) is 34.9 Å². The number of rotatable bonds is 1. The summed E-state index contributed by atoms with van der Waals surface area (Å²) in [4.78, 5) is 4.44. The van der Waals surface area contributed by atoms with Crippen molar-refractivity contribution in [3.8, 4) is 0 Å². The summed E-state index contributed by atoms with van der Waals surface area (Å²) >= 11 is 0. The van der Waals surface area contributed by atoms with Crippen LogP contribution in [0.4, 0.5) is 0 Å². The molecule has 1 fully saturated rings. The summed E-state index contributed by atoms with van der Waals surface area (Å²) in [5.41, 5.74) is 0.679. The van der Waals surface area contributed by atoms with Crippen LogP contribution in [0.1, 0.15) is 42.5 Å². The van der Waals surface area contributed by atoms with Gasteiger partial charge in [0.15, 0.2) is 9.84 Å². The highest BCUT2D eigenvalue weighted by atomic mass is 32.2. The lowest BCUT2D eigenvalue weighted by atomic mass is 10.1. The number of aryl methyl sites for hydroxylation is 1. The fourth-order valence-electron chi connectivity index (χ4n) is 2.88. The van der Waals surface area contributed by atoms with Gasteiger partial charge < -0.3 is 9.67 Å². The lowest BCUT2D eigenvalue weighted by Gasteiger charge is -2.20. The highest BCUT2D eigenvalue weighted by molar-refractivity contribution is 7.91. The second-order valence-electron chi connectivity index (χ2n) is 5.27. The molecule has 0 spiro atoms. The highest BCUT2D eigenvalue weighted by Gasteiger charge is 2.33. The molecule has 2 unspecified atom stereocenters. The van der Waals surface area contributed by atoms with Gasteiger partial charge in [-0.05, 0) is 19.3 Å². The molecule has 1 aromatic rings. The van der Waals surface area contributed by atoms with E-state index in [1.54, 1.807) is 0 Å². The first kappa shape index (κ1) is 12.2. The van der Waals surface area contributed by atoms with Crippen LogP contribution in [0.2, 0.25) is 0 Å². The van der Waals surface area contributed by atoms with Crippen molar-refractivity contribution in [2.24, 2.45) is 0 Å². The molecule has 3 heterocycles. The zero-order valence-electron chi connectivity index (χ0n) is 10.2. The van der Waals surface area contributed by atoms with Gasteiger partial charge in [0, 0.05) is 19.2 Å². The minimum atomic E-state index is -3.03. The van der Waals surface area contributed by atoms with Crippen LogP contribution < -0.4 is 0 Å². The molecule has 0 amide bonds. The third kappa shape index (κ3) is 2.07. The number of aliphatic hydroxyl groups excluding tert-OH is 1. The molecule has 1 aromatic heterocycles. The van der Waals surface area contributed by atoms with E-state index in [4.69, 9.17) is 0 Å². The van der Waals surface area contributed by atoms with E-state index < -0.39 is 15.1 Å². The van der Waals surface area contributed by atoms with E-state index in [-0.39, 0.29) is 11.9 Å². The fourth-order valence-corrected chi connectivity index (χ4v) is 4.77. The molecular weight excluding hydrogens is 252 g/mol. The molecule has 6 heteroatoms. The predicted octanol–water partition coefficient (Wildman–Crippen LogP) is 0.830. The second-order valence-corrected chi connectivity index (χ2v) is 7.58. The molecule has 2 aliphatic rings. The van der Waals surface area contributed by atoms with Crippen LogP contribution in [0.3, 0.4) is 0 Å². The summed E-state index contributed by atoms with van der Waals surface area (Å²) in [6.07, 6.45) is 5.19. The molecule has 100 valence electrons. The Morgan fingerprint density at radius 2 is 2.17 bits per heavy atom. The van der Waals surface area contributed by atoms with Crippen LogP contribution in [0, 0.1) is 0 Å². The Morgan fingerprint density at radius 1 is 1.33 bits per heavy atom. The zero-order valence-corrected chi connectivity index (χ0v) is 11.1. The van der Waals surface area contributed by atoms with Gasteiger partial charge in [-0.25, -0.2) is 13.4 Å². The summed E-state index contributed by atoms with van der Waals surface area (Å²) in [6, 6.07) is 0. The smallest absolute Gasteiger partial charge is 0.158 e. The molecule has 1 saturated heterocycles. The molecular formula is C12H18N2O3S. The molecule has 0 aliphatic carbocycles. The van der Waals surface area contributed by atoms with Crippen molar-refractivity contribution >= 4 is 9.84 Å². The van der Waals surface area contributed by atoms with Crippen molar-refractivity contribution < 1.29 is 13.5 Å². The van der Waals surface area contributed by atoms with E-state index in [9.17, 15) is 13.5 Å².